The summed E-state index contributed by atoms with van der Waals surface area (Å²) in [5, 5.41) is 10.6. The second-order valence-electron chi connectivity index (χ2n) is 13.0. The highest BCUT2D eigenvalue weighted by Gasteiger charge is 2.51. The molecular weight excluding hydrogens is 659 g/mol. The van der Waals surface area contributed by atoms with Crippen LogP contribution >= 0.6 is 8.03 Å². The zero-order valence-corrected chi connectivity index (χ0v) is 30.5. The SMILES string of the molecule is CC(=O)N[C@@H](CCc1ccccc1)C(=O)N[C@@H](CC(C)C)C(=O)N[C@H](C(=O)NC(C(=O)[C@@]1(C)CO1)C(C)C)[C@@H](C)OC(=O)OCO[PH](C)=O. The third-order valence-electron chi connectivity index (χ3n) is 7.71. The third-order valence-corrected chi connectivity index (χ3v) is 8.24. The Morgan fingerprint density at radius 1 is 0.878 bits per heavy atom. The van der Waals surface area contributed by atoms with Crippen LogP contribution in [0.2, 0.25) is 0 Å². The highest BCUT2D eigenvalue weighted by molar-refractivity contribution is 7.38. The van der Waals surface area contributed by atoms with Gasteiger partial charge in [0.1, 0.15) is 29.8 Å². The summed E-state index contributed by atoms with van der Waals surface area (Å²) in [7, 11) is -2.40. The Kier molecular flexibility index (Phi) is 16.4. The summed E-state index contributed by atoms with van der Waals surface area (Å²) in [6, 6.07) is 4.73. The van der Waals surface area contributed by atoms with Crippen LogP contribution in [0.25, 0.3) is 0 Å². The molecule has 0 aliphatic carbocycles. The quantitative estimate of drug-likeness (QED) is 0.0668. The average Bonchev–Trinajstić information content (AvgIpc) is 3.77. The molecule has 0 saturated carbocycles. The summed E-state index contributed by atoms with van der Waals surface area (Å²) in [4.78, 5) is 78.5. The maximum atomic E-state index is 13.8. The van der Waals surface area contributed by atoms with Crippen LogP contribution in [0.3, 0.4) is 0 Å². The van der Waals surface area contributed by atoms with Crippen molar-refractivity contribution in [2.45, 2.75) is 104 Å². The van der Waals surface area contributed by atoms with Gasteiger partial charge in [-0.25, -0.2) is 4.79 Å². The number of rotatable bonds is 20. The molecule has 1 aromatic carbocycles. The minimum atomic E-state index is -2.40. The molecule has 0 aromatic heterocycles. The predicted molar refractivity (Wildman–Crippen MR) is 180 cm³/mol. The first-order chi connectivity index (χ1) is 22.9. The lowest BCUT2D eigenvalue weighted by atomic mass is 9.91. The summed E-state index contributed by atoms with van der Waals surface area (Å²) < 4.78 is 31.3. The molecule has 0 bridgehead atoms. The van der Waals surface area contributed by atoms with Gasteiger partial charge >= 0.3 is 6.16 Å². The summed E-state index contributed by atoms with van der Waals surface area (Å²) in [5.74, 6) is -3.45. The molecule has 7 atom stereocenters. The van der Waals surface area contributed by atoms with E-state index in [0.717, 1.165) is 5.56 Å². The number of ketones is 1. The van der Waals surface area contributed by atoms with Crippen LogP contribution in [0.1, 0.15) is 66.9 Å². The fraction of sp³-hybridized carbons (Fsp3) is 0.636. The number of amides is 4. The first-order valence-corrected chi connectivity index (χ1v) is 18.1. The Balaban J connectivity index is 2.30. The molecule has 1 heterocycles. The van der Waals surface area contributed by atoms with Crippen molar-refractivity contribution in [3.05, 3.63) is 35.9 Å². The van der Waals surface area contributed by atoms with Crippen molar-refractivity contribution in [2.75, 3.05) is 20.1 Å². The topological polar surface area (TPSA) is 208 Å². The van der Waals surface area contributed by atoms with Gasteiger partial charge in [0.05, 0.1) is 12.6 Å². The van der Waals surface area contributed by atoms with Gasteiger partial charge in [0.15, 0.2) is 13.8 Å². The van der Waals surface area contributed by atoms with Gasteiger partial charge in [-0.1, -0.05) is 58.0 Å². The molecule has 1 saturated heterocycles. The van der Waals surface area contributed by atoms with Gasteiger partial charge in [-0.15, -0.1) is 0 Å². The lowest BCUT2D eigenvalue weighted by Crippen LogP contribution is -2.61. The molecule has 4 N–H and O–H groups in total. The lowest BCUT2D eigenvalue weighted by Gasteiger charge is -2.30. The smallest absolute Gasteiger partial charge is 0.428 e. The molecule has 49 heavy (non-hydrogen) atoms. The van der Waals surface area contributed by atoms with Crippen LogP contribution in [-0.2, 0) is 53.7 Å². The minimum Gasteiger partial charge on any atom is -0.428 e. The van der Waals surface area contributed by atoms with Gasteiger partial charge < -0.3 is 35.5 Å². The van der Waals surface area contributed by atoms with Crippen LogP contribution in [0, 0.1) is 11.8 Å². The van der Waals surface area contributed by atoms with Crippen LogP contribution in [0.4, 0.5) is 4.79 Å². The first-order valence-electron chi connectivity index (χ1n) is 16.3. The summed E-state index contributed by atoms with van der Waals surface area (Å²) in [6.45, 7) is 12.2. The number of nitrogens with one attached hydrogen (secondary N) is 4. The molecule has 4 amide bonds. The van der Waals surface area contributed by atoms with Crippen molar-refractivity contribution >= 4 is 43.6 Å². The summed E-state index contributed by atoms with van der Waals surface area (Å²) >= 11 is 0. The summed E-state index contributed by atoms with van der Waals surface area (Å²) in [6.07, 6.45) is -1.72. The maximum absolute atomic E-state index is 13.8. The van der Waals surface area contributed by atoms with Crippen molar-refractivity contribution in [1.29, 1.82) is 0 Å². The molecule has 274 valence electrons. The molecule has 1 aromatic rings. The van der Waals surface area contributed by atoms with E-state index in [0.29, 0.717) is 6.42 Å². The monoisotopic (exact) mass is 710 g/mol. The second kappa shape index (κ2) is 19.4. The van der Waals surface area contributed by atoms with Crippen molar-refractivity contribution in [2.24, 2.45) is 11.8 Å². The van der Waals surface area contributed by atoms with Gasteiger partial charge in [-0.2, -0.15) is 0 Å². The molecular formula is C33H51N4O11P. The van der Waals surface area contributed by atoms with Crippen LogP contribution in [0.5, 0.6) is 0 Å². The zero-order chi connectivity index (χ0) is 36.9. The Labute approximate surface area is 288 Å². The van der Waals surface area contributed by atoms with E-state index >= 15 is 0 Å². The second-order valence-corrected chi connectivity index (χ2v) is 14.3. The van der Waals surface area contributed by atoms with Crippen LogP contribution in [-0.4, -0.2) is 91.5 Å². The molecule has 2 unspecified atom stereocenters. The molecule has 16 heteroatoms. The average molecular weight is 711 g/mol. The van der Waals surface area contributed by atoms with E-state index < -0.39 is 80.5 Å². The van der Waals surface area contributed by atoms with E-state index in [2.05, 4.69) is 21.3 Å². The molecule has 1 aliphatic heterocycles. The predicted octanol–water partition coefficient (Wildman–Crippen LogP) is 2.26. The van der Waals surface area contributed by atoms with Crippen molar-refractivity contribution in [3.63, 3.8) is 0 Å². The molecule has 2 rings (SSSR count). The van der Waals surface area contributed by atoms with Crippen LogP contribution in [0.15, 0.2) is 30.3 Å². The van der Waals surface area contributed by atoms with E-state index in [9.17, 15) is 33.3 Å². The van der Waals surface area contributed by atoms with Crippen molar-refractivity contribution in [1.82, 2.24) is 21.3 Å². The highest BCUT2D eigenvalue weighted by atomic mass is 31.1. The molecule has 1 aliphatic rings. The van der Waals surface area contributed by atoms with Crippen molar-refractivity contribution < 1.29 is 52.1 Å². The largest absolute Gasteiger partial charge is 0.510 e. The van der Waals surface area contributed by atoms with E-state index in [1.807, 2.05) is 44.2 Å². The fourth-order valence-corrected chi connectivity index (χ4v) is 5.09. The standard InChI is InChI=1S/C33H51N4O11P/c1-19(2)16-25(35-29(40)24(34-22(6)38)15-14-23-12-10-9-11-13-23)30(41)37-27(21(5)48-32(43)45-18-47-49(8)44)31(42)36-26(20(3)4)28(39)33(7)17-46-33/h9-13,19-21,24-27,49H,14-18H2,1-8H3,(H,34,38)(H,35,40)(H,36,42)(H,37,41)/t21-,24+,25+,26?,27+,33-/m1/s1. The van der Waals surface area contributed by atoms with Crippen molar-refractivity contribution in [3.8, 4) is 0 Å². The van der Waals surface area contributed by atoms with Gasteiger partial charge in [-0.3, -0.25) is 33.1 Å². The minimum absolute atomic E-state index is 0.0937. The molecule has 0 radical (unpaired) electrons. The van der Waals surface area contributed by atoms with Gasteiger partial charge in [0.2, 0.25) is 30.4 Å². The number of benzene rings is 1. The Morgan fingerprint density at radius 3 is 2.00 bits per heavy atom. The number of hydrogen-bond acceptors (Lipinski definition) is 11. The summed E-state index contributed by atoms with van der Waals surface area (Å²) in [5.41, 5.74) is -0.0921. The molecule has 1 fully saturated rings. The number of carbonyl (C=O) groups excluding carboxylic acids is 6. The van der Waals surface area contributed by atoms with E-state index in [-0.39, 0.29) is 37.1 Å². The number of Topliss-reactive ketones (excluding diaryl/α,β-unsaturated/α-hetero) is 1. The number of epoxide rings is 1. The Hall–Kier alpha value is -3.81. The maximum Gasteiger partial charge on any atom is 0.510 e. The van der Waals surface area contributed by atoms with E-state index in [1.54, 1.807) is 20.8 Å². The van der Waals surface area contributed by atoms with Gasteiger partial charge in [0.25, 0.3) is 0 Å². The van der Waals surface area contributed by atoms with Gasteiger partial charge in [0, 0.05) is 13.6 Å². The Morgan fingerprint density at radius 2 is 1.47 bits per heavy atom. The number of aryl methyl sites for hydroxylation is 1. The van der Waals surface area contributed by atoms with Crippen LogP contribution < -0.4 is 21.3 Å². The molecule has 15 nitrogen and oxygen atoms in total. The number of ether oxygens (including phenoxy) is 3. The van der Waals surface area contributed by atoms with Gasteiger partial charge in [-0.05, 0) is 50.5 Å². The number of hydrogen-bond donors (Lipinski definition) is 4. The lowest BCUT2D eigenvalue weighted by molar-refractivity contribution is -0.137. The van der Waals surface area contributed by atoms with E-state index in [1.165, 1.54) is 20.5 Å². The fourth-order valence-electron chi connectivity index (χ4n) is 4.87. The van der Waals surface area contributed by atoms with E-state index in [4.69, 9.17) is 18.7 Å². The normalized spacial score (nSPS) is 19.0. The third kappa shape index (κ3) is 14.3. The molecule has 0 spiro atoms. The number of carbonyl (C=O) groups is 6. The Bertz CT molecular complexity index is 1340. The first kappa shape index (κ1) is 41.4. The highest BCUT2D eigenvalue weighted by Crippen LogP contribution is 2.30. The zero-order valence-electron chi connectivity index (χ0n) is 29.5.